The predicted octanol–water partition coefficient (Wildman–Crippen LogP) is 3.42. The number of anilines is 1. The second kappa shape index (κ2) is 6.04. The number of benzene rings is 1. The van der Waals surface area contributed by atoms with Gasteiger partial charge in [0.25, 0.3) is 0 Å². The summed E-state index contributed by atoms with van der Waals surface area (Å²) in [5, 5.41) is 10.2. The first-order valence-electron chi connectivity index (χ1n) is 6.16. The molecule has 0 unspecified atom stereocenters. The van der Waals surface area contributed by atoms with Gasteiger partial charge in [0.2, 0.25) is 0 Å². The second-order valence-electron chi connectivity index (χ2n) is 4.61. The number of aliphatic hydroxyl groups excluding tert-OH is 1. The van der Waals surface area contributed by atoms with Gasteiger partial charge in [-0.2, -0.15) is 0 Å². The van der Waals surface area contributed by atoms with E-state index in [4.69, 9.17) is 11.6 Å². The van der Waals surface area contributed by atoms with Crippen molar-refractivity contribution in [3.8, 4) is 0 Å². The van der Waals surface area contributed by atoms with Crippen molar-refractivity contribution in [2.24, 2.45) is 0 Å². The third kappa shape index (κ3) is 3.69. The fourth-order valence-corrected chi connectivity index (χ4v) is 2.07. The summed E-state index contributed by atoms with van der Waals surface area (Å²) in [5.41, 5.74) is 1.95. The van der Waals surface area contributed by atoms with Gasteiger partial charge in [0.15, 0.2) is 0 Å². The van der Waals surface area contributed by atoms with Crippen LogP contribution in [0.4, 0.5) is 5.82 Å². The van der Waals surface area contributed by atoms with Crippen LogP contribution in [0.5, 0.6) is 0 Å². The van der Waals surface area contributed by atoms with E-state index in [1.165, 1.54) is 0 Å². The summed E-state index contributed by atoms with van der Waals surface area (Å²) in [4.78, 5) is 6.39. The number of nitrogens with zero attached hydrogens (tertiary/aromatic N) is 2. The van der Waals surface area contributed by atoms with Crippen molar-refractivity contribution < 1.29 is 5.11 Å². The molecule has 0 bridgehead atoms. The maximum absolute atomic E-state index is 9.45. The first-order valence-corrected chi connectivity index (χ1v) is 6.53. The summed E-state index contributed by atoms with van der Waals surface area (Å²) >= 11 is 5.97. The molecule has 3 nitrogen and oxygen atoms in total. The highest BCUT2D eigenvalue weighted by Gasteiger charge is 2.06. The Hall–Kier alpha value is -1.58. The highest BCUT2D eigenvalue weighted by atomic mass is 35.5. The number of aromatic nitrogens is 1. The van der Waals surface area contributed by atoms with Crippen LogP contribution >= 0.6 is 11.6 Å². The van der Waals surface area contributed by atoms with Gasteiger partial charge in [-0.1, -0.05) is 29.8 Å². The SMILES string of the molecule is C[C@@H](O)c1ccc(N(C)Cc2cccc(Cl)c2)nc1. The van der Waals surface area contributed by atoms with E-state index < -0.39 is 6.10 Å². The largest absolute Gasteiger partial charge is 0.389 e. The predicted molar refractivity (Wildman–Crippen MR) is 78.4 cm³/mol. The molecule has 0 aliphatic rings. The van der Waals surface area contributed by atoms with E-state index in [9.17, 15) is 5.11 Å². The summed E-state index contributed by atoms with van der Waals surface area (Å²) in [6.07, 6.45) is 1.22. The molecule has 0 spiro atoms. The Labute approximate surface area is 118 Å². The molecule has 2 rings (SSSR count). The number of hydrogen-bond acceptors (Lipinski definition) is 3. The average Bonchev–Trinajstić information content (AvgIpc) is 2.39. The first-order chi connectivity index (χ1) is 9.06. The van der Waals surface area contributed by atoms with E-state index in [1.807, 2.05) is 48.3 Å². The van der Waals surface area contributed by atoms with E-state index in [-0.39, 0.29) is 0 Å². The molecule has 1 aromatic carbocycles. The van der Waals surface area contributed by atoms with E-state index in [0.717, 1.165) is 28.5 Å². The van der Waals surface area contributed by atoms with Crippen LogP contribution in [0.1, 0.15) is 24.2 Å². The lowest BCUT2D eigenvalue weighted by atomic mass is 10.2. The van der Waals surface area contributed by atoms with E-state index in [0.29, 0.717) is 0 Å². The Morgan fingerprint density at radius 2 is 2.11 bits per heavy atom. The highest BCUT2D eigenvalue weighted by molar-refractivity contribution is 6.30. The van der Waals surface area contributed by atoms with Crippen LogP contribution in [0.15, 0.2) is 42.6 Å². The van der Waals surface area contributed by atoms with Crippen molar-refractivity contribution in [2.75, 3.05) is 11.9 Å². The molecule has 0 saturated heterocycles. The van der Waals surface area contributed by atoms with Crippen molar-refractivity contribution in [1.29, 1.82) is 0 Å². The van der Waals surface area contributed by atoms with Gasteiger partial charge < -0.3 is 10.0 Å². The number of aliphatic hydroxyl groups is 1. The number of hydrogen-bond donors (Lipinski definition) is 1. The standard InChI is InChI=1S/C15H17ClN2O/c1-11(19)13-6-7-15(17-9-13)18(2)10-12-4-3-5-14(16)8-12/h3-9,11,19H,10H2,1-2H3/t11-/m1/s1. The van der Waals surface area contributed by atoms with E-state index >= 15 is 0 Å². The average molecular weight is 277 g/mol. The third-order valence-electron chi connectivity index (χ3n) is 2.95. The Balaban J connectivity index is 2.09. The molecule has 2 aromatic rings. The normalized spacial score (nSPS) is 12.2. The van der Waals surface area contributed by atoms with Crippen LogP contribution in [-0.4, -0.2) is 17.1 Å². The summed E-state index contributed by atoms with van der Waals surface area (Å²) in [5.74, 6) is 0.865. The van der Waals surface area contributed by atoms with Crippen LogP contribution in [-0.2, 0) is 6.54 Å². The molecule has 1 heterocycles. The monoisotopic (exact) mass is 276 g/mol. The third-order valence-corrected chi connectivity index (χ3v) is 3.19. The zero-order chi connectivity index (χ0) is 13.8. The van der Waals surface area contributed by atoms with Gasteiger partial charge in [-0.05, 0) is 36.2 Å². The molecule has 0 aliphatic heterocycles. The lowest BCUT2D eigenvalue weighted by molar-refractivity contribution is 0.199. The lowest BCUT2D eigenvalue weighted by Crippen LogP contribution is -2.17. The van der Waals surface area contributed by atoms with Crippen LogP contribution < -0.4 is 4.90 Å². The Morgan fingerprint density at radius 3 is 2.68 bits per heavy atom. The minimum atomic E-state index is -0.486. The van der Waals surface area contributed by atoms with E-state index in [1.54, 1.807) is 13.1 Å². The molecule has 0 fully saturated rings. The number of pyridine rings is 1. The molecule has 0 saturated carbocycles. The molecule has 0 aliphatic carbocycles. The van der Waals surface area contributed by atoms with Crippen molar-refractivity contribution >= 4 is 17.4 Å². The van der Waals surface area contributed by atoms with Crippen molar-refractivity contribution in [3.63, 3.8) is 0 Å². The smallest absolute Gasteiger partial charge is 0.128 e. The molecular weight excluding hydrogens is 260 g/mol. The Morgan fingerprint density at radius 1 is 1.32 bits per heavy atom. The molecule has 1 atom stereocenters. The van der Waals surface area contributed by atoms with Crippen molar-refractivity contribution in [1.82, 2.24) is 4.98 Å². The Kier molecular flexibility index (Phi) is 4.40. The molecular formula is C15H17ClN2O. The van der Waals surface area contributed by atoms with Gasteiger partial charge in [-0.3, -0.25) is 0 Å². The summed E-state index contributed by atoms with van der Waals surface area (Å²) in [6, 6.07) is 11.6. The maximum atomic E-state index is 9.45. The quantitative estimate of drug-likeness (QED) is 0.929. The van der Waals surface area contributed by atoms with Gasteiger partial charge in [-0.15, -0.1) is 0 Å². The van der Waals surface area contributed by atoms with Crippen LogP contribution in [0.3, 0.4) is 0 Å². The fraction of sp³-hybridized carbons (Fsp3) is 0.267. The van der Waals surface area contributed by atoms with Gasteiger partial charge in [-0.25, -0.2) is 4.98 Å². The highest BCUT2D eigenvalue weighted by Crippen LogP contribution is 2.18. The topological polar surface area (TPSA) is 36.4 Å². The summed E-state index contributed by atoms with van der Waals surface area (Å²) < 4.78 is 0. The number of halogens is 1. The van der Waals surface area contributed by atoms with Crippen molar-refractivity contribution in [3.05, 3.63) is 58.7 Å². The molecule has 0 radical (unpaired) electrons. The maximum Gasteiger partial charge on any atom is 0.128 e. The first kappa shape index (κ1) is 13.8. The zero-order valence-electron chi connectivity index (χ0n) is 11.0. The molecule has 1 N–H and O–H groups in total. The minimum Gasteiger partial charge on any atom is -0.389 e. The van der Waals surface area contributed by atoms with Crippen LogP contribution in [0, 0.1) is 0 Å². The molecule has 1 aromatic heterocycles. The molecule has 0 amide bonds. The summed E-state index contributed by atoms with van der Waals surface area (Å²) in [6.45, 7) is 2.47. The molecule has 100 valence electrons. The Bertz CT molecular complexity index is 540. The number of rotatable bonds is 4. The second-order valence-corrected chi connectivity index (χ2v) is 5.05. The van der Waals surface area contributed by atoms with Gasteiger partial charge in [0.1, 0.15) is 5.82 Å². The van der Waals surface area contributed by atoms with Gasteiger partial charge in [0.05, 0.1) is 6.10 Å². The molecule has 19 heavy (non-hydrogen) atoms. The van der Waals surface area contributed by atoms with Crippen LogP contribution in [0.2, 0.25) is 5.02 Å². The van der Waals surface area contributed by atoms with Crippen molar-refractivity contribution in [2.45, 2.75) is 19.6 Å². The van der Waals surface area contributed by atoms with Gasteiger partial charge in [0, 0.05) is 24.8 Å². The molecule has 4 heteroatoms. The van der Waals surface area contributed by atoms with E-state index in [2.05, 4.69) is 4.98 Å². The lowest BCUT2D eigenvalue weighted by Gasteiger charge is -2.19. The summed E-state index contributed by atoms with van der Waals surface area (Å²) in [7, 11) is 1.98. The minimum absolute atomic E-state index is 0.486. The zero-order valence-corrected chi connectivity index (χ0v) is 11.8. The fourth-order valence-electron chi connectivity index (χ4n) is 1.86. The van der Waals surface area contributed by atoms with Crippen LogP contribution in [0.25, 0.3) is 0 Å². The van der Waals surface area contributed by atoms with Gasteiger partial charge >= 0.3 is 0 Å².